The molecule has 0 saturated carbocycles. The molecule has 0 aliphatic carbocycles. The summed E-state index contributed by atoms with van der Waals surface area (Å²) in [5.41, 5.74) is 1.11. The summed E-state index contributed by atoms with van der Waals surface area (Å²) in [6, 6.07) is 6.21. The highest BCUT2D eigenvalue weighted by Crippen LogP contribution is 2.07. The molecule has 0 fully saturated rings. The second-order valence-electron chi connectivity index (χ2n) is 2.88. The molecule has 0 bridgehead atoms. The van der Waals surface area contributed by atoms with E-state index in [1.54, 1.807) is 12.1 Å². The highest BCUT2D eigenvalue weighted by Gasteiger charge is 1.99. The fourth-order valence-corrected chi connectivity index (χ4v) is 1.14. The maximum Gasteiger partial charge on any atom is 0.124 e. The van der Waals surface area contributed by atoms with E-state index in [4.69, 9.17) is 5.26 Å². The van der Waals surface area contributed by atoms with Gasteiger partial charge < -0.3 is 5.32 Å². The minimum absolute atomic E-state index is 0.348. The first-order chi connectivity index (χ1) is 6.76. The maximum absolute atomic E-state index is 12.9. The van der Waals surface area contributed by atoms with Crippen molar-refractivity contribution in [3.63, 3.8) is 0 Å². The van der Waals surface area contributed by atoms with Gasteiger partial charge in [-0.1, -0.05) is 6.08 Å². The van der Waals surface area contributed by atoms with Gasteiger partial charge in [-0.3, -0.25) is 0 Å². The number of hydrogen-bond acceptors (Lipinski definition) is 2. The summed E-state index contributed by atoms with van der Waals surface area (Å²) in [7, 11) is 0. The van der Waals surface area contributed by atoms with Crippen LogP contribution < -0.4 is 5.32 Å². The Morgan fingerprint density at radius 3 is 2.93 bits per heavy atom. The van der Waals surface area contributed by atoms with Crippen molar-refractivity contribution in [2.75, 3.05) is 6.54 Å². The molecule has 0 aliphatic rings. The molecule has 1 aromatic carbocycles. The fourth-order valence-electron chi connectivity index (χ4n) is 1.14. The SMILES string of the molecule is C=CCNCc1cc(F)cc(C#N)c1. The molecule has 0 atom stereocenters. The average molecular weight is 190 g/mol. The normalized spacial score (nSPS) is 9.43. The van der Waals surface area contributed by atoms with Crippen LogP contribution >= 0.6 is 0 Å². The van der Waals surface area contributed by atoms with Crippen molar-refractivity contribution in [1.29, 1.82) is 5.26 Å². The molecule has 0 aliphatic heterocycles. The molecule has 1 aromatic rings. The third-order valence-electron chi connectivity index (χ3n) is 1.70. The van der Waals surface area contributed by atoms with Crippen LogP contribution in [-0.2, 0) is 6.54 Å². The Kier molecular flexibility index (Phi) is 3.84. The van der Waals surface area contributed by atoms with Crippen molar-refractivity contribution in [3.8, 4) is 6.07 Å². The quantitative estimate of drug-likeness (QED) is 0.582. The number of nitrogens with zero attached hydrogens (tertiary/aromatic N) is 1. The van der Waals surface area contributed by atoms with Crippen LogP contribution in [0.3, 0.4) is 0 Å². The monoisotopic (exact) mass is 190 g/mol. The molecule has 0 saturated heterocycles. The van der Waals surface area contributed by atoms with E-state index in [0.717, 1.165) is 5.56 Å². The van der Waals surface area contributed by atoms with Crippen molar-refractivity contribution in [3.05, 3.63) is 47.8 Å². The molecule has 14 heavy (non-hydrogen) atoms. The molecule has 0 unspecified atom stereocenters. The Morgan fingerprint density at radius 1 is 1.50 bits per heavy atom. The number of nitriles is 1. The van der Waals surface area contributed by atoms with E-state index in [9.17, 15) is 4.39 Å². The molecule has 0 spiro atoms. The van der Waals surface area contributed by atoms with Crippen LogP contribution in [0.4, 0.5) is 4.39 Å². The van der Waals surface area contributed by atoms with E-state index in [1.807, 2.05) is 6.07 Å². The fraction of sp³-hybridized carbons (Fsp3) is 0.182. The van der Waals surface area contributed by atoms with E-state index >= 15 is 0 Å². The molecule has 3 heteroatoms. The Bertz CT molecular complexity index is 366. The standard InChI is InChI=1S/C11H11FN2/c1-2-3-14-8-10-4-9(7-13)5-11(12)6-10/h2,4-6,14H,1,3,8H2. The minimum atomic E-state index is -0.376. The van der Waals surface area contributed by atoms with Gasteiger partial charge in [0.25, 0.3) is 0 Å². The predicted octanol–water partition coefficient (Wildman–Crippen LogP) is 1.97. The Hall–Kier alpha value is -1.66. The second-order valence-corrected chi connectivity index (χ2v) is 2.88. The van der Waals surface area contributed by atoms with Crippen molar-refractivity contribution in [2.24, 2.45) is 0 Å². The lowest BCUT2D eigenvalue weighted by molar-refractivity contribution is 0.622. The zero-order valence-corrected chi connectivity index (χ0v) is 7.76. The van der Waals surface area contributed by atoms with Gasteiger partial charge in [0.05, 0.1) is 11.6 Å². The summed E-state index contributed by atoms with van der Waals surface area (Å²) in [6.45, 7) is 4.76. The summed E-state index contributed by atoms with van der Waals surface area (Å²) in [5, 5.41) is 11.6. The smallest absolute Gasteiger partial charge is 0.124 e. The van der Waals surface area contributed by atoms with E-state index in [1.165, 1.54) is 12.1 Å². The predicted molar refractivity (Wildman–Crippen MR) is 53.0 cm³/mol. The third-order valence-corrected chi connectivity index (χ3v) is 1.70. The number of benzene rings is 1. The number of rotatable bonds is 4. The Morgan fingerprint density at radius 2 is 2.29 bits per heavy atom. The van der Waals surface area contributed by atoms with Gasteiger partial charge in [-0.15, -0.1) is 6.58 Å². The van der Waals surface area contributed by atoms with Crippen LogP contribution in [0.25, 0.3) is 0 Å². The lowest BCUT2D eigenvalue weighted by atomic mass is 10.1. The molecule has 0 radical (unpaired) electrons. The summed E-state index contributed by atoms with van der Waals surface area (Å²) >= 11 is 0. The maximum atomic E-state index is 12.9. The van der Waals surface area contributed by atoms with E-state index in [2.05, 4.69) is 11.9 Å². The summed E-state index contributed by atoms with van der Waals surface area (Å²) < 4.78 is 12.9. The molecule has 0 aromatic heterocycles. The molecular weight excluding hydrogens is 179 g/mol. The number of hydrogen-bond donors (Lipinski definition) is 1. The van der Waals surface area contributed by atoms with Gasteiger partial charge in [0.1, 0.15) is 5.82 Å². The van der Waals surface area contributed by atoms with Gasteiger partial charge in [0, 0.05) is 13.1 Å². The number of halogens is 1. The third kappa shape index (κ3) is 3.00. The van der Waals surface area contributed by atoms with Crippen LogP contribution in [0.5, 0.6) is 0 Å². The van der Waals surface area contributed by atoms with E-state index < -0.39 is 0 Å². The van der Waals surface area contributed by atoms with Gasteiger partial charge in [-0.25, -0.2) is 4.39 Å². The van der Waals surface area contributed by atoms with Crippen LogP contribution in [0.15, 0.2) is 30.9 Å². The van der Waals surface area contributed by atoms with Crippen LogP contribution in [0.1, 0.15) is 11.1 Å². The van der Waals surface area contributed by atoms with Crippen molar-refractivity contribution >= 4 is 0 Å². The molecule has 72 valence electrons. The van der Waals surface area contributed by atoms with E-state index in [0.29, 0.717) is 18.7 Å². The first kappa shape index (κ1) is 10.4. The lowest BCUT2D eigenvalue weighted by Gasteiger charge is -2.02. The summed E-state index contributed by atoms with van der Waals surface area (Å²) in [4.78, 5) is 0. The zero-order valence-electron chi connectivity index (χ0n) is 7.76. The first-order valence-electron chi connectivity index (χ1n) is 4.27. The highest BCUT2D eigenvalue weighted by molar-refractivity contribution is 5.33. The van der Waals surface area contributed by atoms with Gasteiger partial charge in [-0.05, 0) is 23.8 Å². The zero-order chi connectivity index (χ0) is 10.4. The van der Waals surface area contributed by atoms with Crippen molar-refractivity contribution < 1.29 is 4.39 Å². The molecule has 1 rings (SSSR count). The van der Waals surface area contributed by atoms with Crippen molar-refractivity contribution in [1.82, 2.24) is 5.32 Å². The summed E-state index contributed by atoms with van der Waals surface area (Å²) in [6.07, 6.45) is 1.73. The Balaban J connectivity index is 2.72. The van der Waals surface area contributed by atoms with Crippen LogP contribution in [0, 0.1) is 17.1 Å². The van der Waals surface area contributed by atoms with Gasteiger partial charge in [-0.2, -0.15) is 5.26 Å². The summed E-state index contributed by atoms with van der Waals surface area (Å²) in [5.74, 6) is -0.376. The topological polar surface area (TPSA) is 35.8 Å². The van der Waals surface area contributed by atoms with Crippen LogP contribution in [-0.4, -0.2) is 6.54 Å². The minimum Gasteiger partial charge on any atom is -0.309 e. The Labute approximate surface area is 82.7 Å². The number of nitrogens with one attached hydrogen (secondary N) is 1. The molecule has 0 amide bonds. The molecule has 1 N–H and O–H groups in total. The van der Waals surface area contributed by atoms with Gasteiger partial charge in [0.2, 0.25) is 0 Å². The largest absolute Gasteiger partial charge is 0.309 e. The average Bonchev–Trinajstić information content (AvgIpc) is 2.17. The highest BCUT2D eigenvalue weighted by atomic mass is 19.1. The van der Waals surface area contributed by atoms with Gasteiger partial charge in [0.15, 0.2) is 0 Å². The van der Waals surface area contributed by atoms with Crippen molar-refractivity contribution in [2.45, 2.75) is 6.54 Å². The molecule has 0 heterocycles. The molecule has 2 nitrogen and oxygen atoms in total. The van der Waals surface area contributed by atoms with E-state index in [-0.39, 0.29) is 5.82 Å². The lowest BCUT2D eigenvalue weighted by Crippen LogP contribution is -2.12. The van der Waals surface area contributed by atoms with Crippen LogP contribution in [0.2, 0.25) is 0 Å². The molecular formula is C11H11FN2. The first-order valence-corrected chi connectivity index (χ1v) is 4.27. The van der Waals surface area contributed by atoms with Gasteiger partial charge >= 0.3 is 0 Å². The second kappa shape index (κ2) is 5.15.